The van der Waals surface area contributed by atoms with Crippen molar-refractivity contribution in [1.82, 2.24) is 10.2 Å². The van der Waals surface area contributed by atoms with Crippen molar-refractivity contribution in [2.45, 2.75) is 20.3 Å². The molecule has 0 radical (unpaired) electrons. The number of nitrogens with one attached hydrogen (secondary N) is 1. The minimum Gasteiger partial charge on any atom is -0.356 e. The van der Waals surface area contributed by atoms with Gasteiger partial charge in [-0.2, -0.15) is 0 Å². The number of nitrogens with zero attached hydrogens (tertiary/aromatic N) is 1. The summed E-state index contributed by atoms with van der Waals surface area (Å²) in [5, 5.41) is 2.71. The Hall–Kier alpha value is -2.24. The number of fused-ring (bicyclic) bond motifs is 1. The Balaban J connectivity index is 2.01. The molecule has 0 aliphatic carbocycles. The zero-order chi connectivity index (χ0) is 15.6. The highest BCUT2D eigenvalue weighted by molar-refractivity contribution is 6.21. The van der Waals surface area contributed by atoms with E-state index in [1.165, 1.54) is 12.1 Å². The lowest BCUT2D eigenvalue weighted by atomic mass is 10.1. The summed E-state index contributed by atoms with van der Waals surface area (Å²) in [6, 6.07) is 3.94. The van der Waals surface area contributed by atoms with E-state index >= 15 is 0 Å². The third-order valence-corrected chi connectivity index (χ3v) is 3.22. The van der Waals surface area contributed by atoms with Gasteiger partial charge in [0.1, 0.15) is 5.82 Å². The van der Waals surface area contributed by atoms with Gasteiger partial charge in [-0.1, -0.05) is 19.9 Å². The number of halogens is 1. The molecule has 0 saturated carbocycles. The van der Waals surface area contributed by atoms with Crippen molar-refractivity contribution in [3.8, 4) is 0 Å². The Morgan fingerprint density at radius 2 is 2.00 bits per heavy atom. The van der Waals surface area contributed by atoms with Gasteiger partial charge in [-0.05, 0) is 18.1 Å². The van der Waals surface area contributed by atoms with Crippen LogP contribution in [0.15, 0.2) is 18.2 Å². The van der Waals surface area contributed by atoms with Crippen molar-refractivity contribution in [1.29, 1.82) is 0 Å². The van der Waals surface area contributed by atoms with Crippen LogP contribution in [-0.2, 0) is 4.79 Å². The van der Waals surface area contributed by atoms with Gasteiger partial charge in [0.25, 0.3) is 11.8 Å². The average Bonchev–Trinajstić information content (AvgIpc) is 2.67. The molecule has 1 aromatic carbocycles. The van der Waals surface area contributed by atoms with Gasteiger partial charge in [-0.3, -0.25) is 19.3 Å². The molecule has 3 amide bonds. The fourth-order valence-electron chi connectivity index (χ4n) is 2.12. The zero-order valence-corrected chi connectivity index (χ0v) is 12.0. The molecule has 6 heteroatoms. The van der Waals surface area contributed by atoms with Crippen LogP contribution in [0.2, 0.25) is 0 Å². The Labute approximate surface area is 122 Å². The molecular weight excluding hydrogens is 275 g/mol. The first-order chi connectivity index (χ1) is 9.91. The van der Waals surface area contributed by atoms with Crippen molar-refractivity contribution in [2.24, 2.45) is 5.92 Å². The smallest absolute Gasteiger partial charge is 0.264 e. The standard InChI is InChI=1S/C15H17FN2O3/c1-9(2)8-17-12(19)6-7-18-14(20)10-4-3-5-11(16)13(10)15(18)21/h3-5,9H,6-8H2,1-2H3,(H,17,19). The molecule has 0 unspecified atom stereocenters. The van der Waals surface area contributed by atoms with E-state index in [0.29, 0.717) is 12.5 Å². The summed E-state index contributed by atoms with van der Waals surface area (Å²) < 4.78 is 13.6. The van der Waals surface area contributed by atoms with E-state index in [2.05, 4.69) is 5.32 Å². The van der Waals surface area contributed by atoms with Crippen molar-refractivity contribution >= 4 is 17.7 Å². The van der Waals surface area contributed by atoms with Gasteiger partial charge in [0.15, 0.2) is 0 Å². The Bertz CT molecular complexity index is 599. The van der Waals surface area contributed by atoms with Crippen molar-refractivity contribution in [2.75, 3.05) is 13.1 Å². The zero-order valence-electron chi connectivity index (χ0n) is 12.0. The van der Waals surface area contributed by atoms with Gasteiger partial charge in [-0.15, -0.1) is 0 Å². The normalized spacial score (nSPS) is 13.8. The molecule has 112 valence electrons. The number of carbonyl (C=O) groups is 3. The van der Waals surface area contributed by atoms with Crippen LogP contribution in [-0.4, -0.2) is 35.7 Å². The molecule has 1 aliphatic rings. The molecule has 2 rings (SSSR count). The monoisotopic (exact) mass is 292 g/mol. The summed E-state index contributed by atoms with van der Waals surface area (Å²) in [7, 11) is 0. The molecule has 1 aromatic rings. The van der Waals surface area contributed by atoms with Gasteiger partial charge in [0.2, 0.25) is 5.91 Å². The summed E-state index contributed by atoms with van der Waals surface area (Å²) in [4.78, 5) is 36.6. The fourth-order valence-corrected chi connectivity index (χ4v) is 2.12. The van der Waals surface area contributed by atoms with Gasteiger partial charge >= 0.3 is 0 Å². The van der Waals surface area contributed by atoms with Gasteiger partial charge < -0.3 is 5.32 Å². The number of carbonyl (C=O) groups excluding carboxylic acids is 3. The highest BCUT2D eigenvalue weighted by Gasteiger charge is 2.37. The minimum absolute atomic E-state index is 0.0137. The molecule has 0 aromatic heterocycles. The molecule has 1 aliphatic heterocycles. The lowest BCUT2D eigenvalue weighted by Crippen LogP contribution is -2.35. The van der Waals surface area contributed by atoms with Crippen molar-refractivity contribution < 1.29 is 18.8 Å². The maximum absolute atomic E-state index is 13.6. The number of imide groups is 1. The summed E-state index contributed by atoms with van der Waals surface area (Å²) in [6.45, 7) is 4.42. The van der Waals surface area contributed by atoms with Crippen LogP contribution in [0.4, 0.5) is 4.39 Å². The predicted octanol–water partition coefficient (Wildman–Crippen LogP) is 1.58. The predicted molar refractivity (Wildman–Crippen MR) is 74.2 cm³/mol. The molecule has 0 saturated heterocycles. The van der Waals surface area contributed by atoms with E-state index in [9.17, 15) is 18.8 Å². The largest absolute Gasteiger partial charge is 0.356 e. The SMILES string of the molecule is CC(C)CNC(=O)CCN1C(=O)c2cccc(F)c2C1=O. The van der Waals surface area contributed by atoms with Gasteiger partial charge in [0.05, 0.1) is 11.1 Å². The first-order valence-corrected chi connectivity index (χ1v) is 6.83. The molecule has 21 heavy (non-hydrogen) atoms. The fraction of sp³-hybridized carbons (Fsp3) is 0.400. The topological polar surface area (TPSA) is 66.5 Å². The maximum atomic E-state index is 13.6. The molecular formula is C15H17FN2O3. The van der Waals surface area contributed by atoms with Crippen LogP contribution in [0, 0.1) is 11.7 Å². The van der Waals surface area contributed by atoms with E-state index < -0.39 is 17.6 Å². The first-order valence-electron chi connectivity index (χ1n) is 6.83. The lowest BCUT2D eigenvalue weighted by molar-refractivity contribution is -0.121. The lowest BCUT2D eigenvalue weighted by Gasteiger charge is -2.14. The quantitative estimate of drug-likeness (QED) is 0.838. The first kappa shape index (κ1) is 15.2. The van der Waals surface area contributed by atoms with E-state index in [0.717, 1.165) is 11.0 Å². The molecule has 0 bridgehead atoms. The average molecular weight is 292 g/mol. The number of rotatable bonds is 5. The summed E-state index contributed by atoms with van der Waals surface area (Å²) in [5.41, 5.74) is -0.146. The molecule has 0 atom stereocenters. The van der Waals surface area contributed by atoms with E-state index in [4.69, 9.17) is 0 Å². The van der Waals surface area contributed by atoms with Crippen LogP contribution >= 0.6 is 0 Å². The Morgan fingerprint density at radius 1 is 1.29 bits per heavy atom. The molecule has 5 nitrogen and oxygen atoms in total. The third-order valence-electron chi connectivity index (χ3n) is 3.22. The molecule has 1 N–H and O–H groups in total. The maximum Gasteiger partial charge on any atom is 0.264 e. The second-order valence-corrected chi connectivity index (χ2v) is 5.37. The third kappa shape index (κ3) is 3.09. The van der Waals surface area contributed by atoms with Crippen LogP contribution in [0.3, 0.4) is 0 Å². The second kappa shape index (κ2) is 6.03. The highest BCUT2D eigenvalue weighted by atomic mass is 19.1. The second-order valence-electron chi connectivity index (χ2n) is 5.37. The molecule has 0 fully saturated rings. The van der Waals surface area contributed by atoms with Crippen molar-refractivity contribution in [3.05, 3.63) is 35.1 Å². The summed E-state index contributed by atoms with van der Waals surface area (Å²) >= 11 is 0. The van der Waals surface area contributed by atoms with E-state index in [1.807, 2.05) is 13.8 Å². The van der Waals surface area contributed by atoms with E-state index in [-0.39, 0.29) is 30.0 Å². The Morgan fingerprint density at radius 3 is 2.62 bits per heavy atom. The van der Waals surface area contributed by atoms with E-state index in [1.54, 1.807) is 0 Å². The minimum atomic E-state index is -0.711. The summed E-state index contributed by atoms with van der Waals surface area (Å²) in [6.07, 6.45) is 0.0137. The van der Waals surface area contributed by atoms with Crippen LogP contribution < -0.4 is 5.32 Å². The Kier molecular flexibility index (Phi) is 4.35. The van der Waals surface area contributed by atoms with Gasteiger partial charge in [-0.25, -0.2) is 4.39 Å². The number of amides is 3. The number of hydrogen-bond donors (Lipinski definition) is 1. The molecule has 1 heterocycles. The highest BCUT2D eigenvalue weighted by Crippen LogP contribution is 2.25. The van der Waals surface area contributed by atoms with Crippen LogP contribution in [0.5, 0.6) is 0 Å². The van der Waals surface area contributed by atoms with Gasteiger partial charge in [0, 0.05) is 19.5 Å². The number of benzene rings is 1. The molecule has 0 spiro atoms. The van der Waals surface area contributed by atoms with Crippen molar-refractivity contribution in [3.63, 3.8) is 0 Å². The summed E-state index contributed by atoms with van der Waals surface area (Å²) in [5.74, 6) is -1.85. The van der Waals surface area contributed by atoms with Crippen LogP contribution in [0.1, 0.15) is 41.0 Å². The number of hydrogen-bond acceptors (Lipinski definition) is 3. The van der Waals surface area contributed by atoms with Crippen LogP contribution in [0.25, 0.3) is 0 Å².